The van der Waals surface area contributed by atoms with Crippen LogP contribution in [-0.4, -0.2) is 47.2 Å². The predicted octanol–water partition coefficient (Wildman–Crippen LogP) is 3.83. The van der Waals surface area contributed by atoms with Crippen LogP contribution in [0.2, 0.25) is 5.02 Å². The molecule has 0 unspecified atom stereocenters. The molecule has 1 aromatic carbocycles. The molecule has 1 saturated heterocycles. The number of amides is 2. The number of urea groups is 1. The maximum Gasteiger partial charge on any atom is 0.329 e. The first-order valence-electron chi connectivity index (χ1n) is 9.60. The highest BCUT2D eigenvalue weighted by Gasteiger charge is 2.40. The van der Waals surface area contributed by atoms with Crippen LogP contribution >= 0.6 is 11.6 Å². The summed E-state index contributed by atoms with van der Waals surface area (Å²) in [5, 5.41) is 3.50. The first-order valence-corrected chi connectivity index (χ1v) is 9.98. The number of carbonyl (C=O) groups excluding carboxylic acids is 1. The number of nitrogens with one attached hydrogen (secondary N) is 1. The van der Waals surface area contributed by atoms with Crippen molar-refractivity contribution in [3.8, 4) is 17.1 Å². The summed E-state index contributed by atoms with van der Waals surface area (Å²) in [6, 6.07) is 12.9. The molecule has 2 aromatic heterocycles. The Bertz CT molecular complexity index is 1120. The van der Waals surface area contributed by atoms with E-state index in [1.807, 2.05) is 36.4 Å². The maximum absolute atomic E-state index is 13.3. The summed E-state index contributed by atoms with van der Waals surface area (Å²) in [5.74, 6) is 1.40. The Kier molecular flexibility index (Phi) is 4.63. The smallest absolute Gasteiger partial charge is 0.329 e. The Morgan fingerprint density at radius 2 is 2.13 bits per heavy atom. The lowest BCUT2D eigenvalue weighted by Gasteiger charge is -2.35. The van der Waals surface area contributed by atoms with Crippen LogP contribution in [0.25, 0.3) is 11.3 Å². The van der Waals surface area contributed by atoms with Crippen LogP contribution in [0, 0.1) is 0 Å². The van der Waals surface area contributed by atoms with Gasteiger partial charge in [0.15, 0.2) is 5.82 Å². The third-order valence-corrected chi connectivity index (χ3v) is 5.61. The second-order valence-electron chi connectivity index (χ2n) is 7.18. The van der Waals surface area contributed by atoms with Crippen molar-refractivity contribution in [2.45, 2.75) is 12.5 Å². The van der Waals surface area contributed by atoms with Gasteiger partial charge in [0.25, 0.3) is 0 Å². The average Bonchev–Trinajstić information content (AvgIpc) is 3.18. The SMILES string of the molecule is COc1cc(NC(=O)N2c3nc(-c4cccc(Cl)c4)ccc3N3CC[C@H]2C3)ncn1. The van der Waals surface area contributed by atoms with E-state index in [0.717, 1.165) is 36.5 Å². The van der Waals surface area contributed by atoms with E-state index in [1.165, 1.54) is 13.4 Å². The van der Waals surface area contributed by atoms with E-state index in [9.17, 15) is 4.79 Å². The van der Waals surface area contributed by atoms with Crippen molar-refractivity contribution >= 4 is 35.0 Å². The number of anilines is 3. The summed E-state index contributed by atoms with van der Waals surface area (Å²) in [7, 11) is 1.52. The molecule has 2 bridgehead atoms. The summed E-state index contributed by atoms with van der Waals surface area (Å²) in [6.45, 7) is 1.67. The minimum Gasteiger partial charge on any atom is -0.481 e. The minimum atomic E-state index is -0.278. The monoisotopic (exact) mass is 422 g/mol. The number of benzene rings is 1. The Hall–Kier alpha value is -3.39. The molecule has 0 spiro atoms. The van der Waals surface area contributed by atoms with Gasteiger partial charge in [0, 0.05) is 29.7 Å². The van der Waals surface area contributed by atoms with E-state index >= 15 is 0 Å². The van der Waals surface area contributed by atoms with Crippen LogP contribution in [0.5, 0.6) is 5.88 Å². The number of pyridine rings is 1. The Labute approximate surface area is 178 Å². The lowest BCUT2D eigenvalue weighted by Crippen LogP contribution is -2.48. The van der Waals surface area contributed by atoms with Gasteiger partial charge < -0.3 is 9.64 Å². The molecule has 3 aromatic rings. The van der Waals surface area contributed by atoms with Crippen LogP contribution in [0.4, 0.5) is 22.1 Å². The molecule has 1 atom stereocenters. The molecule has 9 heteroatoms. The summed E-state index contributed by atoms with van der Waals surface area (Å²) >= 11 is 6.16. The number of aromatic nitrogens is 3. The summed E-state index contributed by atoms with van der Waals surface area (Å²) in [6.07, 6.45) is 2.23. The normalized spacial score (nSPS) is 16.9. The molecular weight excluding hydrogens is 404 g/mol. The van der Waals surface area contributed by atoms with Crippen molar-refractivity contribution in [1.82, 2.24) is 15.0 Å². The van der Waals surface area contributed by atoms with Gasteiger partial charge in [-0.1, -0.05) is 23.7 Å². The zero-order valence-electron chi connectivity index (χ0n) is 16.2. The molecule has 152 valence electrons. The molecule has 0 aliphatic carbocycles. The fourth-order valence-electron chi connectivity index (χ4n) is 3.97. The third-order valence-electron chi connectivity index (χ3n) is 5.38. The molecule has 4 heterocycles. The van der Waals surface area contributed by atoms with Gasteiger partial charge in [0.1, 0.15) is 12.1 Å². The molecule has 0 radical (unpaired) electrons. The lowest BCUT2D eigenvalue weighted by molar-refractivity contribution is 0.254. The van der Waals surface area contributed by atoms with Gasteiger partial charge in [-0.3, -0.25) is 10.2 Å². The van der Waals surface area contributed by atoms with E-state index in [0.29, 0.717) is 22.5 Å². The standard InChI is InChI=1S/C21H19ClN6O2/c1-30-19-10-18(23-12-24-19)26-21(29)28-15-7-8-27(11-15)17-6-5-16(25-20(17)28)13-3-2-4-14(22)9-13/h2-6,9-10,12,15H,7-8,11H2,1H3,(H,23,24,26,29)/t15-/m0/s1. The largest absolute Gasteiger partial charge is 0.481 e. The van der Waals surface area contributed by atoms with Crippen LogP contribution in [0.15, 0.2) is 48.8 Å². The van der Waals surface area contributed by atoms with Crippen molar-refractivity contribution in [2.75, 3.05) is 35.3 Å². The molecule has 1 fully saturated rings. The van der Waals surface area contributed by atoms with Crippen LogP contribution in [-0.2, 0) is 0 Å². The van der Waals surface area contributed by atoms with E-state index in [-0.39, 0.29) is 12.1 Å². The van der Waals surface area contributed by atoms with Gasteiger partial charge in [0.05, 0.1) is 24.5 Å². The highest BCUT2D eigenvalue weighted by molar-refractivity contribution is 6.30. The molecule has 2 aliphatic heterocycles. The quantitative estimate of drug-likeness (QED) is 0.690. The molecule has 0 saturated carbocycles. The fourth-order valence-corrected chi connectivity index (χ4v) is 4.16. The van der Waals surface area contributed by atoms with Crippen molar-refractivity contribution in [3.05, 3.63) is 53.8 Å². The van der Waals surface area contributed by atoms with E-state index in [4.69, 9.17) is 21.3 Å². The number of methoxy groups -OCH3 is 1. The number of rotatable bonds is 3. The fraction of sp³-hybridized carbons (Fsp3) is 0.238. The number of hydrogen-bond donors (Lipinski definition) is 1. The number of fused-ring (bicyclic) bond motifs is 4. The van der Waals surface area contributed by atoms with Crippen LogP contribution in [0.3, 0.4) is 0 Å². The van der Waals surface area contributed by atoms with Gasteiger partial charge in [-0.05, 0) is 30.7 Å². The van der Waals surface area contributed by atoms with E-state index < -0.39 is 0 Å². The summed E-state index contributed by atoms with van der Waals surface area (Å²) in [4.78, 5) is 30.2. The highest BCUT2D eigenvalue weighted by atomic mass is 35.5. The van der Waals surface area contributed by atoms with Crippen LogP contribution in [0.1, 0.15) is 6.42 Å². The molecule has 8 nitrogen and oxygen atoms in total. The molecule has 2 aliphatic rings. The van der Waals surface area contributed by atoms with Crippen molar-refractivity contribution in [3.63, 3.8) is 0 Å². The molecular formula is C21H19ClN6O2. The van der Waals surface area contributed by atoms with Crippen molar-refractivity contribution in [1.29, 1.82) is 0 Å². The number of nitrogens with zero attached hydrogens (tertiary/aromatic N) is 5. The second kappa shape index (κ2) is 7.46. The van der Waals surface area contributed by atoms with Crippen LogP contribution < -0.4 is 19.9 Å². The number of carbonyl (C=O) groups is 1. The Morgan fingerprint density at radius 1 is 1.23 bits per heavy atom. The number of hydrogen-bond acceptors (Lipinski definition) is 6. The maximum atomic E-state index is 13.3. The minimum absolute atomic E-state index is 0.0448. The van der Waals surface area contributed by atoms with Crippen molar-refractivity contribution in [2.24, 2.45) is 0 Å². The highest BCUT2D eigenvalue weighted by Crippen LogP contribution is 2.40. The predicted molar refractivity (Wildman–Crippen MR) is 115 cm³/mol. The molecule has 2 amide bonds. The zero-order chi connectivity index (χ0) is 20.7. The van der Waals surface area contributed by atoms with Crippen molar-refractivity contribution < 1.29 is 9.53 Å². The molecule has 5 rings (SSSR count). The van der Waals surface area contributed by atoms with Gasteiger partial charge in [-0.15, -0.1) is 0 Å². The summed E-state index contributed by atoms with van der Waals surface area (Å²) < 4.78 is 5.12. The topological polar surface area (TPSA) is 83.5 Å². The Morgan fingerprint density at radius 3 is 2.97 bits per heavy atom. The first-order chi connectivity index (χ1) is 14.6. The zero-order valence-corrected chi connectivity index (χ0v) is 17.0. The average molecular weight is 423 g/mol. The van der Waals surface area contributed by atoms with E-state index in [1.54, 1.807) is 11.0 Å². The number of ether oxygens (including phenoxy) is 1. The van der Waals surface area contributed by atoms with Gasteiger partial charge >= 0.3 is 6.03 Å². The molecule has 1 N–H and O–H groups in total. The second-order valence-corrected chi connectivity index (χ2v) is 7.62. The van der Waals surface area contributed by atoms with Gasteiger partial charge in [0.2, 0.25) is 5.88 Å². The number of halogens is 1. The Balaban J connectivity index is 1.52. The van der Waals surface area contributed by atoms with Gasteiger partial charge in [-0.2, -0.15) is 0 Å². The third kappa shape index (κ3) is 3.29. The first kappa shape index (κ1) is 18.6. The summed E-state index contributed by atoms with van der Waals surface area (Å²) in [5.41, 5.74) is 2.62. The molecule has 30 heavy (non-hydrogen) atoms. The van der Waals surface area contributed by atoms with Gasteiger partial charge in [-0.25, -0.2) is 19.7 Å². The van der Waals surface area contributed by atoms with E-state index in [2.05, 4.69) is 20.2 Å². The lowest BCUT2D eigenvalue weighted by atomic mass is 10.1.